The maximum Gasteiger partial charge on any atom is 0.280 e. The van der Waals surface area contributed by atoms with Crippen LogP contribution in [0.4, 0.5) is 8.78 Å². The molecule has 0 spiro atoms. The fraction of sp³-hybridized carbons (Fsp3) is 0.188. The molecule has 0 aliphatic heterocycles. The van der Waals surface area contributed by atoms with E-state index in [4.69, 9.17) is 0 Å². The predicted molar refractivity (Wildman–Crippen MR) is 73.8 cm³/mol. The third kappa shape index (κ3) is 3.47. The Morgan fingerprint density at radius 1 is 0.895 bits per heavy atom. The molecular formula is C16H15F2N. The lowest BCUT2D eigenvalue weighted by atomic mass is 10.1. The normalized spacial score (nSPS) is 13.6. The van der Waals surface area contributed by atoms with Gasteiger partial charge in [0.2, 0.25) is 0 Å². The van der Waals surface area contributed by atoms with Gasteiger partial charge in [0.05, 0.1) is 6.04 Å². The second-order valence-corrected chi connectivity index (χ2v) is 4.27. The lowest BCUT2D eigenvalue weighted by Gasteiger charge is -2.11. The van der Waals surface area contributed by atoms with Crippen LogP contribution in [0.5, 0.6) is 0 Å². The predicted octanol–water partition coefficient (Wildman–Crippen LogP) is 4.50. The first-order chi connectivity index (χ1) is 9.18. The monoisotopic (exact) mass is 259 g/mol. The SMILES string of the molecule is C[C@H](N=C(c1ccccc1)C(F)F)c1ccccc1. The van der Waals surface area contributed by atoms with Crippen LogP contribution in [-0.4, -0.2) is 12.1 Å². The minimum atomic E-state index is -2.58. The van der Waals surface area contributed by atoms with Gasteiger partial charge in [-0.3, -0.25) is 4.99 Å². The van der Waals surface area contributed by atoms with Gasteiger partial charge < -0.3 is 0 Å². The fourth-order valence-corrected chi connectivity index (χ4v) is 1.88. The Hall–Kier alpha value is -2.03. The molecule has 0 bridgehead atoms. The molecule has 0 aliphatic rings. The van der Waals surface area contributed by atoms with Gasteiger partial charge in [0, 0.05) is 5.56 Å². The van der Waals surface area contributed by atoms with Gasteiger partial charge in [0.1, 0.15) is 5.71 Å². The molecule has 19 heavy (non-hydrogen) atoms. The van der Waals surface area contributed by atoms with Gasteiger partial charge in [-0.2, -0.15) is 0 Å². The highest BCUT2D eigenvalue weighted by Gasteiger charge is 2.17. The molecule has 0 radical (unpaired) electrons. The van der Waals surface area contributed by atoms with Gasteiger partial charge in [0.25, 0.3) is 6.43 Å². The molecule has 3 heteroatoms. The van der Waals surface area contributed by atoms with E-state index >= 15 is 0 Å². The summed E-state index contributed by atoms with van der Waals surface area (Å²) < 4.78 is 26.3. The molecule has 1 nitrogen and oxygen atoms in total. The summed E-state index contributed by atoms with van der Waals surface area (Å²) in [6.45, 7) is 1.82. The van der Waals surface area contributed by atoms with Gasteiger partial charge in [-0.05, 0) is 12.5 Å². The highest BCUT2D eigenvalue weighted by molar-refractivity contribution is 6.03. The van der Waals surface area contributed by atoms with Crippen molar-refractivity contribution in [3.05, 3.63) is 71.8 Å². The van der Waals surface area contributed by atoms with Gasteiger partial charge in [0.15, 0.2) is 0 Å². The van der Waals surface area contributed by atoms with Crippen molar-refractivity contribution in [2.45, 2.75) is 19.4 Å². The van der Waals surface area contributed by atoms with E-state index in [9.17, 15) is 8.78 Å². The standard InChI is InChI=1S/C16H15F2N/c1-12(13-8-4-2-5-9-13)19-15(16(17)18)14-10-6-3-7-11-14/h2-12,16H,1H3/t12-/m0/s1. The maximum atomic E-state index is 13.1. The van der Waals surface area contributed by atoms with E-state index in [0.717, 1.165) is 5.56 Å². The Morgan fingerprint density at radius 2 is 1.42 bits per heavy atom. The van der Waals surface area contributed by atoms with Crippen LogP contribution in [0.15, 0.2) is 65.7 Å². The maximum absolute atomic E-state index is 13.1. The number of rotatable bonds is 4. The molecule has 0 heterocycles. The molecule has 2 rings (SSSR count). The topological polar surface area (TPSA) is 12.4 Å². The second kappa shape index (κ2) is 6.23. The van der Waals surface area contributed by atoms with Crippen molar-refractivity contribution >= 4 is 5.71 Å². The number of aliphatic imine (C=N–C) groups is 1. The van der Waals surface area contributed by atoms with Crippen molar-refractivity contribution in [2.24, 2.45) is 4.99 Å². The average molecular weight is 259 g/mol. The molecule has 0 N–H and O–H groups in total. The Morgan fingerprint density at radius 3 is 1.95 bits per heavy atom. The van der Waals surface area contributed by atoms with Gasteiger partial charge in [-0.25, -0.2) is 8.78 Å². The Balaban J connectivity index is 2.32. The molecule has 2 aromatic rings. The van der Waals surface area contributed by atoms with Crippen molar-refractivity contribution in [2.75, 3.05) is 0 Å². The molecule has 2 aromatic carbocycles. The number of nitrogens with zero attached hydrogens (tertiary/aromatic N) is 1. The smallest absolute Gasteiger partial charge is 0.275 e. The van der Waals surface area contributed by atoms with E-state index in [2.05, 4.69) is 4.99 Å². The van der Waals surface area contributed by atoms with Crippen LogP contribution in [-0.2, 0) is 0 Å². The van der Waals surface area contributed by atoms with E-state index in [1.54, 1.807) is 30.3 Å². The molecular weight excluding hydrogens is 244 g/mol. The molecule has 0 amide bonds. The van der Waals surface area contributed by atoms with Crippen LogP contribution in [0.25, 0.3) is 0 Å². The van der Waals surface area contributed by atoms with E-state index < -0.39 is 6.43 Å². The van der Waals surface area contributed by atoms with Crippen molar-refractivity contribution in [3.63, 3.8) is 0 Å². The Labute approximate surface area is 111 Å². The third-order valence-electron chi connectivity index (χ3n) is 2.89. The summed E-state index contributed by atoms with van der Waals surface area (Å²) in [6.07, 6.45) is -2.58. The largest absolute Gasteiger partial charge is 0.280 e. The third-order valence-corrected chi connectivity index (χ3v) is 2.89. The molecule has 0 saturated heterocycles. The van der Waals surface area contributed by atoms with E-state index in [0.29, 0.717) is 5.56 Å². The zero-order valence-electron chi connectivity index (χ0n) is 10.6. The number of hydrogen-bond acceptors (Lipinski definition) is 1. The van der Waals surface area contributed by atoms with Gasteiger partial charge in [-0.1, -0.05) is 60.7 Å². The summed E-state index contributed by atoms with van der Waals surface area (Å²) >= 11 is 0. The first kappa shape index (κ1) is 13.4. The van der Waals surface area contributed by atoms with Crippen LogP contribution in [0.3, 0.4) is 0 Å². The molecule has 0 aromatic heterocycles. The highest BCUT2D eigenvalue weighted by Crippen LogP contribution is 2.19. The lowest BCUT2D eigenvalue weighted by molar-refractivity contribution is 0.225. The fourth-order valence-electron chi connectivity index (χ4n) is 1.88. The van der Waals surface area contributed by atoms with Crippen molar-refractivity contribution < 1.29 is 8.78 Å². The molecule has 1 atom stereocenters. The zero-order chi connectivity index (χ0) is 13.7. The van der Waals surface area contributed by atoms with Crippen LogP contribution in [0, 0.1) is 0 Å². The summed E-state index contributed by atoms with van der Waals surface area (Å²) in [7, 11) is 0. The van der Waals surface area contributed by atoms with Crippen molar-refractivity contribution in [1.82, 2.24) is 0 Å². The van der Waals surface area contributed by atoms with Crippen molar-refractivity contribution in [3.8, 4) is 0 Å². The van der Waals surface area contributed by atoms with E-state index in [-0.39, 0.29) is 11.8 Å². The summed E-state index contributed by atoms with van der Waals surface area (Å²) in [5.41, 5.74) is 1.24. The Kier molecular flexibility index (Phi) is 4.39. The van der Waals surface area contributed by atoms with Crippen molar-refractivity contribution in [1.29, 1.82) is 0 Å². The van der Waals surface area contributed by atoms with E-state index in [1.165, 1.54) is 0 Å². The van der Waals surface area contributed by atoms with E-state index in [1.807, 2.05) is 37.3 Å². The average Bonchev–Trinajstić information content (AvgIpc) is 2.46. The first-order valence-corrected chi connectivity index (χ1v) is 6.14. The number of benzene rings is 2. The van der Waals surface area contributed by atoms with Crippen LogP contribution in [0.2, 0.25) is 0 Å². The first-order valence-electron chi connectivity index (χ1n) is 6.14. The number of hydrogen-bond donors (Lipinski definition) is 0. The quantitative estimate of drug-likeness (QED) is 0.717. The number of halogens is 2. The Bertz CT molecular complexity index is 535. The van der Waals surface area contributed by atoms with Gasteiger partial charge >= 0.3 is 0 Å². The minimum Gasteiger partial charge on any atom is -0.275 e. The second-order valence-electron chi connectivity index (χ2n) is 4.27. The summed E-state index contributed by atoms with van der Waals surface area (Å²) in [4.78, 5) is 4.18. The zero-order valence-corrected chi connectivity index (χ0v) is 10.6. The van der Waals surface area contributed by atoms with Crippen LogP contribution >= 0.6 is 0 Å². The number of alkyl halides is 2. The molecule has 0 aliphatic carbocycles. The van der Waals surface area contributed by atoms with Crippen LogP contribution < -0.4 is 0 Å². The molecule has 0 unspecified atom stereocenters. The minimum absolute atomic E-state index is 0.156. The summed E-state index contributed by atoms with van der Waals surface area (Å²) in [6, 6.07) is 17.7. The summed E-state index contributed by atoms with van der Waals surface area (Å²) in [5.74, 6) is 0. The molecule has 98 valence electrons. The lowest BCUT2D eigenvalue weighted by Crippen LogP contribution is -2.13. The molecule has 0 fully saturated rings. The van der Waals surface area contributed by atoms with Crippen LogP contribution in [0.1, 0.15) is 24.1 Å². The highest BCUT2D eigenvalue weighted by atomic mass is 19.3. The molecule has 0 saturated carbocycles. The summed E-state index contributed by atoms with van der Waals surface area (Å²) in [5, 5.41) is 0. The van der Waals surface area contributed by atoms with Gasteiger partial charge in [-0.15, -0.1) is 0 Å².